The van der Waals surface area contributed by atoms with E-state index in [4.69, 9.17) is 5.73 Å². The summed E-state index contributed by atoms with van der Waals surface area (Å²) in [4.78, 5) is 30.0. The van der Waals surface area contributed by atoms with Crippen LogP contribution in [0.2, 0.25) is 0 Å². The highest BCUT2D eigenvalue weighted by Gasteiger charge is 2.12. The van der Waals surface area contributed by atoms with E-state index in [-0.39, 0.29) is 22.7 Å². The van der Waals surface area contributed by atoms with Gasteiger partial charge in [-0.15, -0.1) is 0 Å². The molecule has 2 aromatic carbocycles. The molecule has 9 heteroatoms. The van der Waals surface area contributed by atoms with Gasteiger partial charge in [0.05, 0.1) is 17.2 Å². The van der Waals surface area contributed by atoms with Gasteiger partial charge in [-0.3, -0.25) is 14.8 Å². The number of fused-ring (bicyclic) bond motifs is 4. The van der Waals surface area contributed by atoms with Gasteiger partial charge in [0.2, 0.25) is 11.9 Å². The van der Waals surface area contributed by atoms with Crippen LogP contribution in [0.25, 0.3) is 38.7 Å². The SMILES string of the molecule is Nc1nc2nc(Nc3ccc(-n4c5ccccc5c5ccncc54)cc3)[nH]c2c(=O)[nH]1. The second-order valence-corrected chi connectivity index (χ2v) is 7.15. The fraction of sp³-hybridized carbons (Fsp3) is 0. The summed E-state index contributed by atoms with van der Waals surface area (Å²) in [5, 5.41) is 5.51. The Morgan fingerprint density at radius 3 is 2.58 bits per heavy atom. The Labute approximate surface area is 174 Å². The van der Waals surface area contributed by atoms with Crippen LogP contribution in [-0.4, -0.2) is 29.5 Å². The minimum atomic E-state index is -0.363. The molecule has 0 radical (unpaired) electrons. The normalized spacial score (nSPS) is 11.5. The van der Waals surface area contributed by atoms with E-state index in [0.717, 1.165) is 27.8 Å². The van der Waals surface area contributed by atoms with Crippen LogP contribution in [0, 0.1) is 0 Å². The van der Waals surface area contributed by atoms with E-state index >= 15 is 0 Å². The monoisotopic (exact) mass is 408 g/mol. The van der Waals surface area contributed by atoms with Gasteiger partial charge in [-0.25, -0.2) is 0 Å². The first kappa shape index (κ1) is 17.2. The van der Waals surface area contributed by atoms with Gasteiger partial charge in [0.15, 0.2) is 11.2 Å². The Kier molecular flexibility index (Phi) is 3.57. The van der Waals surface area contributed by atoms with Crippen molar-refractivity contribution in [2.75, 3.05) is 11.1 Å². The first-order valence-electron chi connectivity index (χ1n) is 9.63. The number of aromatic nitrogens is 6. The summed E-state index contributed by atoms with van der Waals surface area (Å²) in [5.74, 6) is 0.438. The number of nitrogens with one attached hydrogen (secondary N) is 3. The number of imidazole rings is 1. The van der Waals surface area contributed by atoms with Crippen LogP contribution in [0.5, 0.6) is 0 Å². The Morgan fingerprint density at radius 2 is 1.71 bits per heavy atom. The molecule has 150 valence electrons. The van der Waals surface area contributed by atoms with Crippen molar-refractivity contribution in [1.82, 2.24) is 29.5 Å². The van der Waals surface area contributed by atoms with Gasteiger partial charge in [0.1, 0.15) is 0 Å². The lowest BCUT2D eigenvalue weighted by Gasteiger charge is -2.09. The molecule has 0 spiro atoms. The highest BCUT2D eigenvalue weighted by molar-refractivity contribution is 6.08. The lowest BCUT2D eigenvalue weighted by atomic mass is 10.2. The molecule has 0 amide bonds. The molecular weight excluding hydrogens is 392 g/mol. The second kappa shape index (κ2) is 6.42. The zero-order chi connectivity index (χ0) is 20.9. The van der Waals surface area contributed by atoms with E-state index in [1.165, 1.54) is 5.39 Å². The van der Waals surface area contributed by atoms with E-state index in [2.05, 4.69) is 46.9 Å². The molecule has 31 heavy (non-hydrogen) atoms. The molecule has 0 aliphatic carbocycles. The third-order valence-corrected chi connectivity index (χ3v) is 5.24. The van der Waals surface area contributed by atoms with Crippen molar-refractivity contribution < 1.29 is 0 Å². The minimum absolute atomic E-state index is 0.0283. The first-order valence-corrected chi connectivity index (χ1v) is 9.63. The maximum Gasteiger partial charge on any atom is 0.278 e. The third-order valence-electron chi connectivity index (χ3n) is 5.24. The Morgan fingerprint density at radius 1 is 0.903 bits per heavy atom. The maximum atomic E-state index is 12.0. The Balaban J connectivity index is 1.40. The second-order valence-electron chi connectivity index (χ2n) is 7.15. The Bertz CT molecular complexity index is 1590. The quantitative estimate of drug-likeness (QED) is 0.355. The summed E-state index contributed by atoms with van der Waals surface area (Å²) >= 11 is 0. The summed E-state index contributed by atoms with van der Waals surface area (Å²) < 4.78 is 2.19. The highest BCUT2D eigenvalue weighted by atomic mass is 16.1. The van der Waals surface area contributed by atoms with E-state index in [1.807, 2.05) is 54.9 Å². The predicted octanol–water partition coefficient (Wildman–Crippen LogP) is 3.46. The van der Waals surface area contributed by atoms with Crippen LogP contribution in [-0.2, 0) is 0 Å². The number of nitrogens with zero attached hydrogens (tertiary/aromatic N) is 4. The molecule has 9 nitrogen and oxygen atoms in total. The number of rotatable bonds is 3. The zero-order valence-corrected chi connectivity index (χ0v) is 16.1. The van der Waals surface area contributed by atoms with Crippen molar-refractivity contribution in [3.05, 3.63) is 77.3 Å². The van der Waals surface area contributed by atoms with Crippen molar-refractivity contribution in [3.63, 3.8) is 0 Å². The van der Waals surface area contributed by atoms with Crippen molar-refractivity contribution in [1.29, 1.82) is 0 Å². The van der Waals surface area contributed by atoms with Crippen LogP contribution in [0.1, 0.15) is 0 Å². The van der Waals surface area contributed by atoms with Crippen LogP contribution >= 0.6 is 0 Å². The summed E-state index contributed by atoms with van der Waals surface area (Å²) in [5.41, 5.74) is 9.74. The molecule has 0 atom stereocenters. The van der Waals surface area contributed by atoms with E-state index < -0.39 is 0 Å². The minimum Gasteiger partial charge on any atom is -0.369 e. The van der Waals surface area contributed by atoms with Gasteiger partial charge in [0, 0.05) is 28.3 Å². The summed E-state index contributed by atoms with van der Waals surface area (Å²) in [6, 6.07) is 18.3. The summed E-state index contributed by atoms with van der Waals surface area (Å²) in [6.07, 6.45) is 3.69. The highest BCUT2D eigenvalue weighted by Crippen LogP contribution is 2.31. The number of para-hydroxylation sites is 1. The van der Waals surface area contributed by atoms with Gasteiger partial charge in [-0.2, -0.15) is 9.97 Å². The van der Waals surface area contributed by atoms with Crippen molar-refractivity contribution in [2.45, 2.75) is 0 Å². The summed E-state index contributed by atoms with van der Waals surface area (Å²) in [6.45, 7) is 0. The van der Waals surface area contributed by atoms with E-state index in [0.29, 0.717) is 5.95 Å². The standard InChI is InChI=1S/C22H16N8O/c23-21-27-19-18(20(31)29-21)26-22(28-19)25-12-5-7-13(8-6-12)30-16-4-2-1-3-14(16)15-9-10-24-11-17(15)30/h1-11H,(H5,23,25,26,27,28,29,31). The molecule has 0 aliphatic rings. The van der Waals surface area contributed by atoms with Gasteiger partial charge < -0.3 is 20.6 Å². The molecule has 0 saturated heterocycles. The number of benzene rings is 2. The number of nitrogen functional groups attached to an aromatic ring is 1. The number of nitrogens with two attached hydrogens (primary N) is 1. The number of pyridine rings is 1. The molecule has 0 aliphatic heterocycles. The molecule has 6 rings (SSSR count). The van der Waals surface area contributed by atoms with Crippen molar-refractivity contribution >= 4 is 50.6 Å². The number of anilines is 3. The van der Waals surface area contributed by atoms with E-state index in [9.17, 15) is 4.79 Å². The van der Waals surface area contributed by atoms with Crippen LogP contribution in [0.4, 0.5) is 17.6 Å². The smallest absolute Gasteiger partial charge is 0.278 e. The average molecular weight is 408 g/mol. The Hall–Kier alpha value is -4.66. The molecule has 5 N–H and O–H groups in total. The molecule has 4 heterocycles. The average Bonchev–Trinajstić information content (AvgIpc) is 3.33. The topological polar surface area (TPSA) is 130 Å². The molecular formula is C22H16N8O. The predicted molar refractivity (Wildman–Crippen MR) is 121 cm³/mol. The maximum absolute atomic E-state index is 12.0. The molecule has 0 fully saturated rings. The number of hydrogen-bond acceptors (Lipinski definition) is 6. The van der Waals surface area contributed by atoms with Crippen LogP contribution in [0.15, 0.2) is 71.8 Å². The fourth-order valence-electron chi connectivity index (χ4n) is 3.91. The molecule has 0 saturated carbocycles. The molecule has 0 unspecified atom stereocenters. The zero-order valence-electron chi connectivity index (χ0n) is 16.1. The van der Waals surface area contributed by atoms with Crippen molar-refractivity contribution in [3.8, 4) is 5.69 Å². The largest absolute Gasteiger partial charge is 0.369 e. The number of aromatic amines is 2. The first-order chi connectivity index (χ1) is 15.2. The molecule has 0 bridgehead atoms. The third kappa shape index (κ3) is 2.71. The van der Waals surface area contributed by atoms with Crippen LogP contribution in [0.3, 0.4) is 0 Å². The van der Waals surface area contributed by atoms with Gasteiger partial charge in [-0.05, 0) is 36.4 Å². The molecule has 4 aromatic heterocycles. The van der Waals surface area contributed by atoms with Crippen molar-refractivity contribution in [2.24, 2.45) is 0 Å². The fourth-order valence-corrected chi connectivity index (χ4v) is 3.91. The summed E-state index contributed by atoms with van der Waals surface area (Å²) in [7, 11) is 0. The van der Waals surface area contributed by atoms with E-state index in [1.54, 1.807) is 0 Å². The number of hydrogen-bond donors (Lipinski definition) is 4. The lowest BCUT2D eigenvalue weighted by Crippen LogP contribution is -2.10. The van der Waals surface area contributed by atoms with Gasteiger partial charge in [-0.1, -0.05) is 18.2 Å². The van der Waals surface area contributed by atoms with Gasteiger partial charge >= 0.3 is 0 Å². The number of H-pyrrole nitrogens is 2. The van der Waals surface area contributed by atoms with Gasteiger partial charge in [0.25, 0.3) is 5.56 Å². The van der Waals surface area contributed by atoms with Crippen LogP contribution < -0.4 is 16.6 Å². The lowest BCUT2D eigenvalue weighted by molar-refractivity contribution is 1.16. The molecule has 6 aromatic rings.